The Labute approximate surface area is 260 Å². The van der Waals surface area contributed by atoms with Crippen LogP contribution in [0.25, 0.3) is 0 Å². The minimum absolute atomic E-state index is 0.0472. The molecule has 3 aromatic rings. The number of fused-ring (bicyclic) bond motifs is 1. The summed E-state index contributed by atoms with van der Waals surface area (Å²) in [7, 11) is -4.40. The van der Waals surface area contributed by atoms with Crippen molar-refractivity contribution in [1.29, 1.82) is 0 Å². The highest BCUT2D eigenvalue weighted by Crippen LogP contribution is 2.34. The molecule has 0 radical (unpaired) electrons. The summed E-state index contributed by atoms with van der Waals surface area (Å²) < 4.78 is 53.9. The Kier molecular flexibility index (Phi) is 9.78. The third kappa shape index (κ3) is 7.90. The molecule has 0 unspecified atom stereocenters. The maximum absolute atomic E-state index is 14.0. The molecule has 43 heavy (non-hydrogen) atoms. The Balaban J connectivity index is 1.73. The van der Waals surface area contributed by atoms with Crippen molar-refractivity contribution in [3.63, 3.8) is 0 Å². The van der Waals surface area contributed by atoms with Gasteiger partial charge in [0.15, 0.2) is 11.5 Å². The van der Waals surface area contributed by atoms with Crippen LogP contribution in [-0.4, -0.2) is 56.5 Å². The van der Waals surface area contributed by atoms with Crippen LogP contribution >= 0.6 is 23.2 Å². The quantitative estimate of drug-likeness (QED) is 0.331. The van der Waals surface area contributed by atoms with Crippen LogP contribution in [0.2, 0.25) is 10.0 Å². The van der Waals surface area contributed by atoms with Gasteiger partial charge in [-0.15, -0.1) is 0 Å². The Bertz CT molecular complexity index is 1610. The van der Waals surface area contributed by atoms with E-state index in [0.717, 1.165) is 16.4 Å². The average molecular weight is 653 g/mol. The topological polar surface area (TPSA) is 105 Å². The average Bonchev–Trinajstić information content (AvgIpc) is 2.95. The molecule has 1 heterocycles. The number of nitrogens with one attached hydrogen (secondary N) is 1. The highest BCUT2D eigenvalue weighted by Gasteiger charge is 2.34. The largest absolute Gasteiger partial charge is 0.486 e. The lowest BCUT2D eigenvalue weighted by molar-refractivity contribution is -0.140. The van der Waals surface area contributed by atoms with Crippen LogP contribution in [0.3, 0.4) is 0 Å². The third-order valence-electron chi connectivity index (χ3n) is 6.50. The SMILES string of the molecule is C[C@H](C(=O)NC(C)(C)C)N(Cc1ccc(Cl)c(Cl)c1)C(=O)CN(c1ccc(F)cc1)S(=O)(=O)c1ccc2c(c1)OCCO2. The second-order valence-electron chi connectivity index (χ2n) is 11.0. The first kappa shape index (κ1) is 32.4. The van der Waals surface area contributed by atoms with Gasteiger partial charge in [-0.1, -0.05) is 29.3 Å². The summed E-state index contributed by atoms with van der Waals surface area (Å²) >= 11 is 12.3. The number of amides is 2. The van der Waals surface area contributed by atoms with Crippen molar-refractivity contribution < 1.29 is 31.9 Å². The molecule has 1 N–H and O–H groups in total. The molecule has 0 aliphatic carbocycles. The molecule has 0 aromatic heterocycles. The fraction of sp³-hybridized carbons (Fsp3) is 0.333. The van der Waals surface area contributed by atoms with Crippen LogP contribution in [0.5, 0.6) is 11.5 Å². The van der Waals surface area contributed by atoms with Crippen molar-refractivity contribution in [3.05, 3.63) is 82.1 Å². The van der Waals surface area contributed by atoms with E-state index in [1.165, 1.54) is 35.2 Å². The molecule has 1 aliphatic heterocycles. The summed E-state index contributed by atoms with van der Waals surface area (Å²) in [5.74, 6) is -1.08. The lowest BCUT2D eigenvalue weighted by Crippen LogP contribution is -2.54. The molecule has 1 aliphatic rings. The number of halogens is 3. The monoisotopic (exact) mass is 651 g/mol. The van der Waals surface area contributed by atoms with Gasteiger partial charge in [-0.25, -0.2) is 12.8 Å². The van der Waals surface area contributed by atoms with E-state index in [2.05, 4.69) is 5.32 Å². The molecule has 0 fully saturated rings. The van der Waals surface area contributed by atoms with Crippen LogP contribution < -0.4 is 19.1 Å². The fourth-order valence-corrected chi connectivity index (χ4v) is 6.09. The van der Waals surface area contributed by atoms with E-state index >= 15 is 0 Å². The van der Waals surface area contributed by atoms with Gasteiger partial charge in [-0.05, 0) is 81.8 Å². The van der Waals surface area contributed by atoms with E-state index in [-0.39, 0.29) is 34.5 Å². The zero-order valence-electron chi connectivity index (χ0n) is 24.1. The molecule has 0 saturated heterocycles. The number of nitrogens with zero attached hydrogens (tertiary/aromatic N) is 2. The zero-order valence-corrected chi connectivity index (χ0v) is 26.4. The van der Waals surface area contributed by atoms with Gasteiger partial charge in [0.2, 0.25) is 11.8 Å². The molecule has 4 rings (SSSR count). The molecule has 0 spiro atoms. The van der Waals surface area contributed by atoms with Gasteiger partial charge in [0.25, 0.3) is 10.0 Å². The van der Waals surface area contributed by atoms with Crippen LogP contribution in [0.1, 0.15) is 33.3 Å². The molecular weight excluding hydrogens is 620 g/mol. The number of benzene rings is 3. The maximum Gasteiger partial charge on any atom is 0.264 e. The number of carbonyl (C=O) groups is 2. The van der Waals surface area contributed by atoms with E-state index in [1.54, 1.807) is 45.9 Å². The van der Waals surface area contributed by atoms with E-state index < -0.39 is 45.8 Å². The molecular formula is C30H32Cl2FN3O6S. The van der Waals surface area contributed by atoms with Gasteiger partial charge in [0, 0.05) is 18.2 Å². The number of carbonyl (C=O) groups excluding carboxylic acids is 2. The van der Waals surface area contributed by atoms with Crippen molar-refractivity contribution in [2.45, 2.75) is 50.7 Å². The van der Waals surface area contributed by atoms with Gasteiger partial charge in [-0.2, -0.15) is 0 Å². The highest BCUT2D eigenvalue weighted by atomic mass is 35.5. The lowest BCUT2D eigenvalue weighted by atomic mass is 10.1. The number of rotatable bonds is 9. The van der Waals surface area contributed by atoms with Crippen molar-refractivity contribution >= 4 is 50.7 Å². The molecule has 13 heteroatoms. The number of hydrogen-bond donors (Lipinski definition) is 1. The Morgan fingerprint density at radius 3 is 2.23 bits per heavy atom. The maximum atomic E-state index is 14.0. The molecule has 1 atom stereocenters. The normalized spacial score (nSPS) is 13.7. The summed E-state index contributed by atoms with van der Waals surface area (Å²) in [5, 5.41) is 3.43. The predicted molar refractivity (Wildman–Crippen MR) is 163 cm³/mol. The number of anilines is 1. The van der Waals surface area contributed by atoms with Gasteiger partial charge in [0.05, 0.1) is 20.6 Å². The van der Waals surface area contributed by atoms with E-state index in [9.17, 15) is 22.4 Å². The van der Waals surface area contributed by atoms with Gasteiger partial charge in [-0.3, -0.25) is 13.9 Å². The predicted octanol–water partition coefficient (Wildman–Crippen LogP) is 5.43. The molecule has 3 aromatic carbocycles. The van der Waals surface area contributed by atoms with E-state index in [4.69, 9.17) is 32.7 Å². The van der Waals surface area contributed by atoms with Crippen molar-refractivity contribution in [2.24, 2.45) is 0 Å². The molecule has 9 nitrogen and oxygen atoms in total. The first-order valence-corrected chi connectivity index (χ1v) is 15.6. The van der Waals surface area contributed by atoms with Crippen molar-refractivity contribution in [1.82, 2.24) is 10.2 Å². The Morgan fingerprint density at radius 2 is 1.60 bits per heavy atom. The second kappa shape index (κ2) is 13.0. The molecule has 2 amide bonds. The van der Waals surface area contributed by atoms with Gasteiger partial charge >= 0.3 is 0 Å². The number of sulfonamides is 1. The van der Waals surface area contributed by atoms with E-state index in [0.29, 0.717) is 22.9 Å². The van der Waals surface area contributed by atoms with Gasteiger partial charge in [0.1, 0.15) is 31.6 Å². The van der Waals surface area contributed by atoms with E-state index in [1.807, 2.05) is 0 Å². The Morgan fingerprint density at radius 1 is 0.953 bits per heavy atom. The summed E-state index contributed by atoms with van der Waals surface area (Å²) in [4.78, 5) is 28.3. The summed E-state index contributed by atoms with van der Waals surface area (Å²) in [6.45, 7) is 6.76. The minimum atomic E-state index is -4.40. The fourth-order valence-electron chi connectivity index (χ4n) is 4.34. The van der Waals surface area contributed by atoms with Crippen molar-refractivity contribution in [2.75, 3.05) is 24.1 Å². The zero-order chi connectivity index (χ0) is 31.5. The standard InChI is InChI=1S/C30H32Cl2FN3O6S/c1-19(29(38)34-30(2,3)4)35(17-20-5-11-24(31)25(32)15-20)28(37)18-36(22-8-6-21(33)7-9-22)43(39,40)23-10-12-26-27(16-23)42-14-13-41-26/h5-12,15-16,19H,13-14,17-18H2,1-4H3,(H,34,38)/t19-/m1/s1. The first-order valence-electron chi connectivity index (χ1n) is 13.4. The first-order chi connectivity index (χ1) is 20.2. The number of ether oxygens (including phenoxy) is 2. The minimum Gasteiger partial charge on any atom is -0.486 e. The van der Waals surface area contributed by atoms with Crippen LogP contribution in [0, 0.1) is 5.82 Å². The summed E-state index contributed by atoms with van der Waals surface area (Å²) in [6, 6.07) is 12.6. The lowest BCUT2D eigenvalue weighted by Gasteiger charge is -2.33. The summed E-state index contributed by atoms with van der Waals surface area (Å²) in [6.07, 6.45) is 0. The molecule has 230 valence electrons. The number of hydrogen-bond acceptors (Lipinski definition) is 6. The molecule has 0 saturated carbocycles. The smallest absolute Gasteiger partial charge is 0.264 e. The molecule has 0 bridgehead atoms. The van der Waals surface area contributed by atoms with Crippen LogP contribution in [-0.2, 0) is 26.2 Å². The summed E-state index contributed by atoms with van der Waals surface area (Å²) in [5.41, 5.74) is 0.0258. The van der Waals surface area contributed by atoms with Crippen LogP contribution in [0.4, 0.5) is 10.1 Å². The van der Waals surface area contributed by atoms with Crippen LogP contribution in [0.15, 0.2) is 65.6 Å². The third-order valence-corrected chi connectivity index (χ3v) is 9.01. The second-order valence-corrected chi connectivity index (χ2v) is 13.7. The van der Waals surface area contributed by atoms with Gasteiger partial charge < -0.3 is 19.7 Å². The van der Waals surface area contributed by atoms with Crippen molar-refractivity contribution in [3.8, 4) is 11.5 Å². The Hall–Kier alpha value is -3.54. The highest BCUT2D eigenvalue weighted by molar-refractivity contribution is 7.92.